The second-order valence-electron chi connectivity index (χ2n) is 13.3. The highest BCUT2D eigenvalue weighted by Crippen LogP contribution is 2.28. The van der Waals surface area contributed by atoms with E-state index in [4.69, 9.17) is 9.47 Å². The molecule has 0 unspecified atom stereocenters. The topological polar surface area (TPSA) is 24.9 Å². The van der Waals surface area contributed by atoms with Gasteiger partial charge in [-0.25, -0.2) is 0 Å². The van der Waals surface area contributed by atoms with Crippen LogP contribution in [0.4, 0.5) is 0 Å². The van der Waals surface area contributed by atoms with Crippen molar-refractivity contribution >= 4 is 0 Å². The molecule has 0 aliphatic carbocycles. The van der Waals surface area contributed by atoms with Crippen LogP contribution in [-0.2, 0) is 22.7 Å². The minimum Gasteiger partial charge on any atom is -0.375 e. The third-order valence-electron chi connectivity index (χ3n) is 9.26. The summed E-state index contributed by atoms with van der Waals surface area (Å²) in [5, 5.41) is 0. The first kappa shape index (κ1) is 40.5. The van der Waals surface area contributed by atoms with Gasteiger partial charge in [-0.2, -0.15) is 0 Å². The zero-order chi connectivity index (χ0) is 32.9. The van der Waals surface area contributed by atoms with Gasteiger partial charge in [-0.1, -0.05) is 153 Å². The lowest BCUT2D eigenvalue weighted by atomic mass is 9.96. The normalized spacial score (nSPS) is 11.7. The van der Waals surface area contributed by atoms with Crippen LogP contribution in [0, 0.1) is 0 Å². The van der Waals surface area contributed by atoms with Crippen molar-refractivity contribution in [3.63, 3.8) is 0 Å². The molecule has 0 spiro atoms. The fourth-order valence-corrected chi connectivity index (χ4v) is 6.24. The smallest absolute Gasteiger partial charge is 0.0723 e. The van der Waals surface area contributed by atoms with Crippen molar-refractivity contribution < 1.29 is 9.47 Å². The van der Waals surface area contributed by atoms with E-state index >= 15 is 0 Å². The van der Waals surface area contributed by atoms with Gasteiger partial charge in [0, 0.05) is 13.1 Å². The first-order chi connectivity index (χ1) is 22.7. The quantitative estimate of drug-likeness (QED) is 0.0769. The van der Waals surface area contributed by atoms with Crippen LogP contribution in [-0.4, -0.2) is 62.3 Å². The van der Waals surface area contributed by atoms with Crippen molar-refractivity contribution in [1.29, 1.82) is 0 Å². The van der Waals surface area contributed by atoms with Crippen LogP contribution < -0.4 is 0 Å². The second kappa shape index (κ2) is 28.3. The average molecular weight is 637 g/mol. The van der Waals surface area contributed by atoms with E-state index in [1.165, 1.54) is 151 Å². The lowest BCUT2D eigenvalue weighted by Gasteiger charge is -2.22. The van der Waals surface area contributed by atoms with Crippen LogP contribution in [0.15, 0.2) is 48.5 Å². The molecule has 0 atom stereocenters. The largest absolute Gasteiger partial charge is 0.375 e. The molecule has 0 aliphatic heterocycles. The Hall–Kier alpha value is -1.72. The van der Waals surface area contributed by atoms with Crippen LogP contribution in [0.3, 0.4) is 0 Å². The lowest BCUT2D eigenvalue weighted by molar-refractivity contribution is 0.0908. The number of benzene rings is 2. The minimum absolute atomic E-state index is 0.648. The second-order valence-corrected chi connectivity index (χ2v) is 13.3. The number of hydrogen-bond acceptors (Lipinski definition) is 4. The number of hydrogen-bond donors (Lipinski definition) is 0. The highest BCUT2D eigenvalue weighted by Gasteiger charge is 2.11. The maximum atomic E-state index is 6.33. The molecule has 0 aromatic heterocycles. The van der Waals surface area contributed by atoms with Gasteiger partial charge < -0.3 is 19.3 Å². The van der Waals surface area contributed by atoms with Gasteiger partial charge in [-0.3, -0.25) is 0 Å². The third kappa shape index (κ3) is 18.6. The summed E-state index contributed by atoms with van der Waals surface area (Å²) in [6.45, 7) is 18.9. The van der Waals surface area contributed by atoms with Gasteiger partial charge in [0.1, 0.15) is 0 Å². The molecule has 4 heteroatoms. The van der Waals surface area contributed by atoms with Crippen molar-refractivity contribution in [3.05, 3.63) is 59.7 Å². The molecule has 0 bridgehead atoms. The fourth-order valence-electron chi connectivity index (χ4n) is 6.24. The summed E-state index contributed by atoms with van der Waals surface area (Å²) in [6, 6.07) is 17.5. The van der Waals surface area contributed by atoms with Crippen molar-refractivity contribution in [2.45, 2.75) is 144 Å². The Morgan fingerprint density at radius 2 is 0.739 bits per heavy atom. The van der Waals surface area contributed by atoms with Gasteiger partial charge in [0.2, 0.25) is 0 Å². The Kier molecular flexibility index (Phi) is 24.9. The zero-order valence-corrected chi connectivity index (χ0v) is 30.7. The van der Waals surface area contributed by atoms with Gasteiger partial charge >= 0.3 is 0 Å². The Balaban J connectivity index is 1.86. The Labute approximate surface area is 285 Å². The SMILES string of the molecule is CCCCCCCCN(CCCC)CCOCc1ccccc1-c1ccccc1COCCN(CCCC)CCCCCCCC. The summed E-state index contributed by atoms with van der Waals surface area (Å²) in [5.74, 6) is 0. The molecular formula is C42H72N2O2. The molecule has 0 aliphatic rings. The maximum Gasteiger partial charge on any atom is 0.0723 e. The minimum atomic E-state index is 0.648. The van der Waals surface area contributed by atoms with E-state index in [0.717, 1.165) is 26.3 Å². The Morgan fingerprint density at radius 1 is 0.391 bits per heavy atom. The van der Waals surface area contributed by atoms with Gasteiger partial charge in [-0.05, 0) is 74.1 Å². The summed E-state index contributed by atoms with van der Waals surface area (Å²) < 4.78 is 12.7. The van der Waals surface area contributed by atoms with E-state index in [2.05, 4.69) is 86.0 Å². The molecule has 0 fully saturated rings. The summed E-state index contributed by atoms with van der Waals surface area (Å²) in [4.78, 5) is 5.25. The molecule has 2 aromatic carbocycles. The monoisotopic (exact) mass is 637 g/mol. The molecule has 2 aromatic rings. The summed E-state index contributed by atoms with van der Waals surface area (Å²) in [6.07, 6.45) is 21.3. The highest BCUT2D eigenvalue weighted by atomic mass is 16.5. The lowest BCUT2D eigenvalue weighted by Crippen LogP contribution is -2.30. The van der Waals surface area contributed by atoms with Crippen LogP contribution in [0.5, 0.6) is 0 Å². The van der Waals surface area contributed by atoms with E-state index in [0.29, 0.717) is 13.2 Å². The molecule has 0 saturated carbocycles. The first-order valence-corrected chi connectivity index (χ1v) is 19.5. The summed E-state index contributed by atoms with van der Waals surface area (Å²) >= 11 is 0. The van der Waals surface area contributed by atoms with Crippen molar-refractivity contribution in [2.24, 2.45) is 0 Å². The van der Waals surface area contributed by atoms with E-state index in [1.807, 2.05) is 0 Å². The van der Waals surface area contributed by atoms with Crippen molar-refractivity contribution in [1.82, 2.24) is 9.80 Å². The summed E-state index contributed by atoms with van der Waals surface area (Å²) in [5.41, 5.74) is 5.06. The van der Waals surface area contributed by atoms with Crippen LogP contribution >= 0.6 is 0 Å². The molecular weight excluding hydrogens is 564 g/mol. The maximum absolute atomic E-state index is 6.33. The standard InChI is InChI=1S/C42H72N2O2/c1-5-9-13-15-17-23-31-43(29-11-7-3)33-35-45-37-39-25-19-21-27-41(39)42-28-22-20-26-40(42)38-46-36-34-44(30-12-8-4)32-24-18-16-14-10-6-2/h19-22,25-28H,5-18,23-24,29-38H2,1-4H3. The molecule has 0 saturated heterocycles. The van der Waals surface area contributed by atoms with Crippen LogP contribution in [0.1, 0.15) is 142 Å². The van der Waals surface area contributed by atoms with E-state index in [-0.39, 0.29) is 0 Å². The Morgan fingerprint density at radius 3 is 1.15 bits per heavy atom. The molecule has 262 valence electrons. The third-order valence-corrected chi connectivity index (χ3v) is 9.26. The average Bonchev–Trinajstić information content (AvgIpc) is 3.09. The predicted octanol–water partition coefficient (Wildman–Crippen LogP) is 11.3. The van der Waals surface area contributed by atoms with E-state index in [1.54, 1.807) is 0 Å². The summed E-state index contributed by atoms with van der Waals surface area (Å²) in [7, 11) is 0. The molecule has 46 heavy (non-hydrogen) atoms. The number of ether oxygens (including phenoxy) is 2. The fraction of sp³-hybridized carbons (Fsp3) is 0.714. The molecule has 0 heterocycles. The predicted molar refractivity (Wildman–Crippen MR) is 201 cm³/mol. The van der Waals surface area contributed by atoms with Crippen molar-refractivity contribution in [2.75, 3.05) is 52.5 Å². The zero-order valence-electron chi connectivity index (χ0n) is 30.7. The molecule has 0 radical (unpaired) electrons. The first-order valence-electron chi connectivity index (χ1n) is 19.5. The number of rotatable bonds is 31. The van der Waals surface area contributed by atoms with Crippen LogP contribution in [0.25, 0.3) is 11.1 Å². The molecule has 2 rings (SSSR count). The number of nitrogens with zero attached hydrogens (tertiary/aromatic N) is 2. The van der Waals surface area contributed by atoms with Crippen molar-refractivity contribution in [3.8, 4) is 11.1 Å². The Bertz CT molecular complexity index is 887. The molecule has 0 N–H and O–H groups in total. The molecule has 0 amide bonds. The van der Waals surface area contributed by atoms with Gasteiger partial charge in [0.25, 0.3) is 0 Å². The van der Waals surface area contributed by atoms with Gasteiger partial charge in [0.05, 0.1) is 26.4 Å². The van der Waals surface area contributed by atoms with Crippen LogP contribution in [0.2, 0.25) is 0 Å². The number of unbranched alkanes of at least 4 members (excludes halogenated alkanes) is 12. The van der Waals surface area contributed by atoms with Gasteiger partial charge in [-0.15, -0.1) is 0 Å². The highest BCUT2D eigenvalue weighted by molar-refractivity contribution is 5.70. The molecule has 4 nitrogen and oxygen atoms in total. The van der Waals surface area contributed by atoms with E-state index in [9.17, 15) is 0 Å². The van der Waals surface area contributed by atoms with E-state index < -0.39 is 0 Å². The van der Waals surface area contributed by atoms with Gasteiger partial charge in [0.15, 0.2) is 0 Å².